The van der Waals surface area contributed by atoms with Gasteiger partial charge in [-0.05, 0) is 70.8 Å². The van der Waals surface area contributed by atoms with E-state index in [1.165, 1.54) is 19.2 Å². The number of para-hydroxylation sites is 1. The first-order valence-electron chi connectivity index (χ1n) is 13.7. The number of methoxy groups -OCH3 is 1. The van der Waals surface area contributed by atoms with E-state index in [1.807, 2.05) is 50.3 Å². The van der Waals surface area contributed by atoms with Gasteiger partial charge in [0, 0.05) is 32.7 Å². The fourth-order valence-electron chi connectivity index (χ4n) is 5.41. The molecule has 0 saturated carbocycles. The zero-order valence-electron chi connectivity index (χ0n) is 23.7. The first kappa shape index (κ1) is 29.3. The highest BCUT2D eigenvalue weighted by Crippen LogP contribution is 2.35. The molecule has 1 N–H and O–H groups in total. The average molecular weight is 579 g/mol. The SMILES string of the molecule is COc1cc(/C=C/CN2CCN([C@@H](c3cccc(C(F)(F)F)c3)c3nnnn3-c3c(C)cccc3C)CC2)ccc1O. The van der Waals surface area contributed by atoms with Crippen LogP contribution in [0.5, 0.6) is 11.5 Å². The summed E-state index contributed by atoms with van der Waals surface area (Å²) in [5.41, 5.74) is 3.45. The van der Waals surface area contributed by atoms with Gasteiger partial charge in [-0.1, -0.05) is 48.6 Å². The number of halogens is 3. The Balaban J connectivity index is 1.40. The molecule has 0 unspecified atom stereocenters. The van der Waals surface area contributed by atoms with Crippen LogP contribution in [0.25, 0.3) is 11.8 Å². The van der Waals surface area contributed by atoms with Gasteiger partial charge >= 0.3 is 6.18 Å². The zero-order chi connectivity index (χ0) is 29.9. The van der Waals surface area contributed by atoms with Crippen molar-refractivity contribution >= 4 is 6.08 Å². The van der Waals surface area contributed by atoms with Crippen LogP contribution in [-0.4, -0.2) is 74.9 Å². The summed E-state index contributed by atoms with van der Waals surface area (Å²) >= 11 is 0. The number of rotatable bonds is 8. The van der Waals surface area contributed by atoms with Crippen molar-refractivity contribution in [3.8, 4) is 17.2 Å². The minimum Gasteiger partial charge on any atom is -0.504 e. The van der Waals surface area contributed by atoms with Crippen LogP contribution in [0.3, 0.4) is 0 Å². The molecule has 2 heterocycles. The van der Waals surface area contributed by atoms with Crippen molar-refractivity contribution in [3.63, 3.8) is 0 Å². The molecule has 1 aliphatic heterocycles. The summed E-state index contributed by atoms with van der Waals surface area (Å²) in [6.45, 7) is 7.28. The van der Waals surface area contributed by atoms with E-state index in [0.717, 1.165) is 28.4 Å². The maximum Gasteiger partial charge on any atom is 0.416 e. The Morgan fingerprint density at radius 3 is 2.38 bits per heavy atom. The number of aryl methyl sites for hydroxylation is 2. The summed E-state index contributed by atoms with van der Waals surface area (Å²) < 4.78 is 48.0. The summed E-state index contributed by atoms with van der Waals surface area (Å²) in [7, 11) is 1.51. The Bertz CT molecular complexity index is 1540. The van der Waals surface area contributed by atoms with Crippen LogP contribution in [0, 0.1) is 13.8 Å². The van der Waals surface area contributed by atoms with Gasteiger partial charge < -0.3 is 9.84 Å². The van der Waals surface area contributed by atoms with E-state index in [0.29, 0.717) is 49.9 Å². The monoisotopic (exact) mass is 578 g/mol. The van der Waals surface area contributed by atoms with Crippen LogP contribution in [0.4, 0.5) is 13.2 Å². The molecular weight excluding hydrogens is 545 g/mol. The molecule has 0 amide bonds. The van der Waals surface area contributed by atoms with Gasteiger partial charge in [0.05, 0.1) is 24.4 Å². The number of benzene rings is 3. The predicted octanol–water partition coefficient (Wildman–Crippen LogP) is 5.43. The highest BCUT2D eigenvalue weighted by atomic mass is 19.4. The molecule has 1 aliphatic rings. The standard InChI is InChI=1S/C31H33F3N6O2/c1-21-7-4-8-22(2)28(21)40-30(35-36-37-40)29(24-10-5-11-25(20-24)31(32,33)34)39-17-15-38(16-18-39)14-6-9-23-12-13-26(41)27(19-23)42-3/h4-13,19-20,29,41H,14-18H2,1-3H3/b9-6+/t29-/m0/s1. The number of piperazine rings is 1. The first-order valence-corrected chi connectivity index (χ1v) is 13.7. The second-order valence-corrected chi connectivity index (χ2v) is 10.4. The Labute approximate surface area is 242 Å². The van der Waals surface area contributed by atoms with Crippen molar-refractivity contribution in [2.75, 3.05) is 39.8 Å². The lowest BCUT2D eigenvalue weighted by molar-refractivity contribution is -0.137. The topological polar surface area (TPSA) is 79.5 Å². The lowest BCUT2D eigenvalue weighted by Gasteiger charge is -2.38. The van der Waals surface area contributed by atoms with Gasteiger partial charge in [-0.2, -0.15) is 17.9 Å². The maximum absolute atomic E-state index is 13.7. The van der Waals surface area contributed by atoms with E-state index in [2.05, 4.69) is 25.3 Å². The van der Waals surface area contributed by atoms with Crippen molar-refractivity contribution in [2.24, 2.45) is 0 Å². The number of hydrogen-bond donors (Lipinski definition) is 1. The van der Waals surface area contributed by atoms with Gasteiger partial charge in [-0.25, -0.2) is 0 Å². The average Bonchev–Trinajstić information content (AvgIpc) is 3.43. The smallest absolute Gasteiger partial charge is 0.416 e. The third-order valence-electron chi connectivity index (χ3n) is 7.57. The lowest BCUT2D eigenvalue weighted by Crippen LogP contribution is -2.48. The first-order chi connectivity index (χ1) is 20.2. The minimum absolute atomic E-state index is 0.0877. The van der Waals surface area contributed by atoms with Crippen molar-refractivity contribution in [1.82, 2.24) is 30.0 Å². The molecule has 0 radical (unpaired) electrons. The quantitative estimate of drug-likeness (QED) is 0.299. The van der Waals surface area contributed by atoms with Gasteiger partial charge in [0.15, 0.2) is 17.3 Å². The highest BCUT2D eigenvalue weighted by molar-refractivity contribution is 5.55. The van der Waals surface area contributed by atoms with E-state index in [1.54, 1.807) is 22.9 Å². The van der Waals surface area contributed by atoms with Crippen LogP contribution in [-0.2, 0) is 6.18 Å². The fourth-order valence-corrected chi connectivity index (χ4v) is 5.41. The number of aromatic nitrogens is 4. The fraction of sp³-hybridized carbons (Fsp3) is 0.323. The highest BCUT2D eigenvalue weighted by Gasteiger charge is 2.35. The molecule has 220 valence electrons. The molecular formula is C31H33F3N6O2. The molecule has 5 rings (SSSR count). The predicted molar refractivity (Wildman–Crippen MR) is 154 cm³/mol. The second kappa shape index (κ2) is 12.3. The van der Waals surface area contributed by atoms with E-state index in [4.69, 9.17) is 4.74 Å². The molecule has 1 aromatic heterocycles. The van der Waals surface area contributed by atoms with Gasteiger partial charge in [0.1, 0.15) is 0 Å². The molecule has 1 atom stereocenters. The van der Waals surface area contributed by atoms with E-state index < -0.39 is 17.8 Å². The summed E-state index contributed by atoms with van der Waals surface area (Å²) in [6.07, 6.45) is -0.447. The van der Waals surface area contributed by atoms with E-state index >= 15 is 0 Å². The van der Waals surface area contributed by atoms with Crippen molar-refractivity contribution in [3.05, 3.63) is 100 Å². The van der Waals surface area contributed by atoms with Crippen LogP contribution < -0.4 is 4.74 Å². The normalized spacial score (nSPS) is 15.8. The van der Waals surface area contributed by atoms with Gasteiger partial charge in [-0.15, -0.1) is 5.10 Å². The lowest BCUT2D eigenvalue weighted by atomic mass is 10.00. The number of tetrazole rings is 1. The molecule has 0 aliphatic carbocycles. The van der Waals surface area contributed by atoms with Gasteiger partial charge in [-0.3, -0.25) is 9.80 Å². The zero-order valence-corrected chi connectivity index (χ0v) is 23.7. The molecule has 3 aromatic carbocycles. The molecule has 1 saturated heterocycles. The summed E-state index contributed by atoms with van der Waals surface area (Å²) in [5, 5.41) is 22.4. The minimum atomic E-state index is -4.47. The molecule has 8 nitrogen and oxygen atoms in total. The number of ether oxygens (including phenoxy) is 1. The molecule has 0 bridgehead atoms. The number of hydrogen-bond acceptors (Lipinski definition) is 7. The largest absolute Gasteiger partial charge is 0.504 e. The Morgan fingerprint density at radius 2 is 1.69 bits per heavy atom. The summed E-state index contributed by atoms with van der Waals surface area (Å²) in [4.78, 5) is 4.43. The molecule has 1 fully saturated rings. The summed E-state index contributed by atoms with van der Waals surface area (Å²) in [6, 6.07) is 15.9. The number of phenols is 1. The number of phenolic OH excluding ortho intramolecular Hbond substituents is 1. The molecule has 11 heteroatoms. The Kier molecular flexibility index (Phi) is 8.60. The molecule has 42 heavy (non-hydrogen) atoms. The van der Waals surface area contributed by atoms with E-state index in [9.17, 15) is 18.3 Å². The van der Waals surface area contributed by atoms with Crippen molar-refractivity contribution in [1.29, 1.82) is 0 Å². The number of aromatic hydroxyl groups is 1. The number of alkyl halides is 3. The van der Waals surface area contributed by atoms with Crippen molar-refractivity contribution < 1.29 is 23.0 Å². The van der Waals surface area contributed by atoms with Gasteiger partial charge in [0.25, 0.3) is 0 Å². The molecule has 0 spiro atoms. The Morgan fingerprint density at radius 1 is 0.976 bits per heavy atom. The second-order valence-electron chi connectivity index (χ2n) is 10.4. The third kappa shape index (κ3) is 6.32. The van der Waals surface area contributed by atoms with Gasteiger partial charge in [0.2, 0.25) is 0 Å². The van der Waals surface area contributed by atoms with Crippen LogP contribution in [0.15, 0.2) is 66.7 Å². The number of nitrogens with zero attached hydrogens (tertiary/aromatic N) is 6. The van der Waals surface area contributed by atoms with Crippen molar-refractivity contribution in [2.45, 2.75) is 26.1 Å². The molecule has 4 aromatic rings. The van der Waals surface area contributed by atoms with Crippen LogP contribution >= 0.6 is 0 Å². The third-order valence-corrected chi connectivity index (χ3v) is 7.57. The summed E-state index contributed by atoms with van der Waals surface area (Å²) in [5.74, 6) is 0.973. The van der Waals surface area contributed by atoms with E-state index in [-0.39, 0.29) is 5.75 Å². The van der Waals surface area contributed by atoms with Crippen LogP contribution in [0.1, 0.15) is 39.7 Å². The van der Waals surface area contributed by atoms with Crippen LogP contribution in [0.2, 0.25) is 0 Å². The maximum atomic E-state index is 13.7. The Hall–Kier alpha value is -4.22.